The lowest BCUT2D eigenvalue weighted by Crippen LogP contribution is -2.04. The highest BCUT2D eigenvalue weighted by molar-refractivity contribution is 8.00. The van der Waals surface area contributed by atoms with Crippen LogP contribution in [0.3, 0.4) is 0 Å². The Hall–Kier alpha value is -3.71. The van der Waals surface area contributed by atoms with E-state index in [-0.39, 0.29) is 17.2 Å². The Morgan fingerprint density at radius 2 is 1.43 bits per heavy atom. The average Bonchev–Trinajstić information content (AvgIpc) is 2.91. The zero-order chi connectivity index (χ0) is 26.3. The molecular formula is C30H32O6S. The van der Waals surface area contributed by atoms with Crippen LogP contribution < -0.4 is 9.47 Å². The number of carboxylic acids is 2. The summed E-state index contributed by atoms with van der Waals surface area (Å²) in [5, 5.41) is 18.1. The zero-order valence-corrected chi connectivity index (χ0v) is 21.4. The molecule has 0 aliphatic rings. The number of rotatable bonds is 16. The largest absolute Gasteiger partial charge is 0.494 e. The van der Waals surface area contributed by atoms with Gasteiger partial charge in [-0.25, -0.2) is 4.79 Å². The lowest BCUT2D eigenvalue weighted by Gasteiger charge is -2.12. The third-order valence-corrected chi connectivity index (χ3v) is 6.72. The molecule has 0 aliphatic heterocycles. The topological polar surface area (TPSA) is 93.1 Å². The number of allylic oxidation sites excluding steroid dienone is 1. The molecule has 0 aromatic heterocycles. The van der Waals surface area contributed by atoms with Crippen molar-refractivity contribution in [3.8, 4) is 11.5 Å². The predicted molar refractivity (Wildman–Crippen MR) is 146 cm³/mol. The monoisotopic (exact) mass is 520 g/mol. The number of benzene rings is 3. The number of carbonyl (C=O) groups is 2. The molecule has 3 rings (SSSR count). The number of unbranched alkanes of at least 4 members (excludes halogenated alkanes) is 1. The van der Waals surface area contributed by atoms with Crippen LogP contribution in [-0.4, -0.2) is 40.6 Å². The fourth-order valence-corrected chi connectivity index (χ4v) is 4.56. The highest BCUT2D eigenvalue weighted by Crippen LogP contribution is 2.28. The fraction of sp³-hybridized carbons (Fsp3) is 0.267. The van der Waals surface area contributed by atoms with Crippen LogP contribution in [0.5, 0.6) is 11.5 Å². The SMILES string of the molecule is O=C(O)CC[C@@H](/C=C\Cc1ccc(OCCCCOc2ccccc2)cc1)Sc1ccc(C(=O)O)cc1. The van der Waals surface area contributed by atoms with Crippen LogP contribution in [-0.2, 0) is 11.2 Å². The molecule has 0 radical (unpaired) electrons. The van der Waals surface area contributed by atoms with Crippen LogP contribution in [0.15, 0.2) is 95.9 Å². The Morgan fingerprint density at radius 1 is 0.811 bits per heavy atom. The van der Waals surface area contributed by atoms with Crippen LogP contribution >= 0.6 is 11.8 Å². The number of hydrogen-bond acceptors (Lipinski definition) is 5. The summed E-state index contributed by atoms with van der Waals surface area (Å²) >= 11 is 1.53. The Morgan fingerprint density at radius 3 is 2.03 bits per heavy atom. The molecule has 0 unspecified atom stereocenters. The van der Waals surface area contributed by atoms with Crippen LogP contribution in [0, 0.1) is 0 Å². The number of aromatic carboxylic acids is 1. The average molecular weight is 521 g/mol. The molecule has 7 heteroatoms. The van der Waals surface area contributed by atoms with E-state index in [0.29, 0.717) is 19.6 Å². The molecule has 0 aliphatic carbocycles. The van der Waals surface area contributed by atoms with Gasteiger partial charge in [-0.1, -0.05) is 42.5 Å². The van der Waals surface area contributed by atoms with E-state index in [4.69, 9.17) is 19.7 Å². The summed E-state index contributed by atoms with van der Waals surface area (Å²) in [6.07, 6.45) is 7.18. The smallest absolute Gasteiger partial charge is 0.335 e. The number of aliphatic carboxylic acids is 1. The molecule has 0 saturated carbocycles. The van der Waals surface area contributed by atoms with Crippen molar-refractivity contribution in [3.63, 3.8) is 0 Å². The van der Waals surface area contributed by atoms with Crippen molar-refractivity contribution in [2.45, 2.75) is 42.2 Å². The van der Waals surface area contributed by atoms with Crippen LogP contribution in [0.1, 0.15) is 41.6 Å². The minimum atomic E-state index is -0.969. The van der Waals surface area contributed by atoms with Gasteiger partial charge in [-0.3, -0.25) is 4.79 Å². The summed E-state index contributed by atoms with van der Waals surface area (Å²) in [6, 6.07) is 24.4. The molecular weight excluding hydrogens is 488 g/mol. The first-order valence-electron chi connectivity index (χ1n) is 12.3. The lowest BCUT2D eigenvalue weighted by atomic mass is 10.1. The molecule has 1 atom stereocenters. The van der Waals surface area contributed by atoms with Gasteiger partial charge in [0, 0.05) is 16.6 Å². The van der Waals surface area contributed by atoms with E-state index in [1.54, 1.807) is 24.3 Å². The minimum absolute atomic E-state index is 0.0275. The van der Waals surface area contributed by atoms with E-state index in [2.05, 4.69) is 0 Å². The van der Waals surface area contributed by atoms with Gasteiger partial charge in [0.15, 0.2) is 0 Å². The Kier molecular flexibility index (Phi) is 11.6. The highest BCUT2D eigenvalue weighted by Gasteiger charge is 2.11. The van der Waals surface area contributed by atoms with Gasteiger partial charge >= 0.3 is 11.9 Å². The van der Waals surface area contributed by atoms with E-state index in [9.17, 15) is 9.59 Å². The summed E-state index contributed by atoms with van der Waals surface area (Å²) in [5.41, 5.74) is 1.36. The van der Waals surface area contributed by atoms with Gasteiger partial charge in [0.2, 0.25) is 0 Å². The van der Waals surface area contributed by atoms with Crippen LogP contribution in [0.4, 0.5) is 0 Å². The molecule has 0 bridgehead atoms. The third kappa shape index (κ3) is 10.8. The van der Waals surface area contributed by atoms with Gasteiger partial charge in [0.25, 0.3) is 0 Å². The molecule has 2 N–H and O–H groups in total. The van der Waals surface area contributed by atoms with Gasteiger partial charge in [0.05, 0.1) is 18.8 Å². The standard InChI is InChI=1S/C30H32O6S/c31-29(32)20-19-27(37-28-17-13-24(14-18-28)30(33)34)10-6-7-23-11-15-26(16-12-23)36-22-5-4-21-35-25-8-2-1-3-9-25/h1-3,6,8-18,27H,4-5,7,19-22H2,(H,31,32)(H,33,34)/b10-6-/t27-/m1/s1. The van der Waals surface area contributed by atoms with Crippen molar-refractivity contribution in [1.29, 1.82) is 0 Å². The first-order chi connectivity index (χ1) is 18.0. The Labute approximate surface area is 221 Å². The Bertz CT molecular complexity index is 1130. The molecule has 0 saturated heterocycles. The maximum atomic E-state index is 11.1. The second-order valence-corrected chi connectivity index (χ2v) is 9.72. The van der Waals surface area contributed by atoms with Gasteiger partial charge in [-0.15, -0.1) is 11.8 Å². The molecule has 3 aromatic rings. The second kappa shape index (κ2) is 15.4. The van der Waals surface area contributed by atoms with Gasteiger partial charge in [-0.05, 0) is 79.8 Å². The predicted octanol–water partition coefficient (Wildman–Crippen LogP) is 6.75. The molecule has 3 aromatic carbocycles. The first kappa shape index (κ1) is 27.9. The van der Waals surface area contributed by atoms with E-state index in [1.165, 1.54) is 11.8 Å². The van der Waals surface area contributed by atoms with Crippen molar-refractivity contribution in [1.82, 2.24) is 0 Å². The summed E-state index contributed by atoms with van der Waals surface area (Å²) in [4.78, 5) is 23.0. The molecule has 37 heavy (non-hydrogen) atoms. The van der Waals surface area contributed by atoms with E-state index < -0.39 is 11.9 Å². The summed E-state index contributed by atoms with van der Waals surface area (Å²) in [6.45, 7) is 1.30. The molecule has 6 nitrogen and oxygen atoms in total. The summed E-state index contributed by atoms with van der Waals surface area (Å²) < 4.78 is 11.5. The summed E-state index contributed by atoms with van der Waals surface area (Å²) in [5.74, 6) is -0.0890. The fourth-order valence-electron chi connectivity index (χ4n) is 3.49. The van der Waals surface area contributed by atoms with Crippen molar-refractivity contribution in [3.05, 3.63) is 102 Å². The second-order valence-electron chi connectivity index (χ2n) is 8.41. The minimum Gasteiger partial charge on any atom is -0.494 e. The highest BCUT2D eigenvalue weighted by atomic mass is 32.2. The Balaban J connectivity index is 1.41. The number of para-hydroxylation sites is 1. The van der Waals surface area contributed by atoms with Crippen LogP contribution in [0.25, 0.3) is 0 Å². The van der Waals surface area contributed by atoms with Crippen molar-refractivity contribution in [2.75, 3.05) is 13.2 Å². The molecule has 0 spiro atoms. The third-order valence-electron chi connectivity index (χ3n) is 5.48. The van der Waals surface area contributed by atoms with E-state index >= 15 is 0 Å². The number of carboxylic acid groups (broad SMARTS) is 2. The molecule has 194 valence electrons. The first-order valence-corrected chi connectivity index (χ1v) is 13.2. The van der Waals surface area contributed by atoms with Crippen LogP contribution in [0.2, 0.25) is 0 Å². The normalized spacial score (nSPS) is 11.8. The molecule has 0 amide bonds. The van der Waals surface area contributed by atoms with Gasteiger partial charge in [-0.2, -0.15) is 0 Å². The quantitative estimate of drug-likeness (QED) is 0.123. The van der Waals surface area contributed by atoms with Gasteiger partial charge < -0.3 is 19.7 Å². The van der Waals surface area contributed by atoms with Gasteiger partial charge in [0.1, 0.15) is 11.5 Å². The zero-order valence-electron chi connectivity index (χ0n) is 20.6. The van der Waals surface area contributed by atoms with E-state index in [1.807, 2.05) is 66.7 Å². The maximum Gasteiger partial charge on any atom is 0.335 e. The molecule has 0 heterocycles. The summed E-state index contributed by atoms with van der Waals surface area (Å²) in [7, 11) is 0. The lowest BCUT2D eigenvalue weighted by molar-refractivity contribution is -0.137. The van der Waals surface area contributed by atoms with Crippen molar-refractivity contribution >= 4 is 23.7 Å². The molecule has 0 fully saturated rings. The van der Waals surface area contributed by atoms with E-state index in [0.717, 1.165) is 41.2 Å². The maximum absolute atomic E-state index is 11.1. The number of hydrogen-bond donors (Lipinski definition) is 2. The van der Waals surface area contributed by atoms with Crippen molar-refractivity contribution in [2.24, 2.45) is 0 Å². The van der Waals surface area contributed by atoms with Crippen molar-refractivity contribution < 1.29 is 29.3 Å². The number of thioether (sulfide) groups is 1. The number of ether oxygens (including phenoxy) is 2.